The Morgan fingerprint density at radius 3 is 2.31 bits per heavy atom. The minimum absolute atomic E-state index is 0.0178. The standard InChI is InChI=1S/C19H19F4N3O2S/c1-17(2)19(22,23)18(3,26-15(29)9-28-17)12-5-11(13(20)6-14(12)21)10-7-24-16(27-4)25-8-10/h5-8H,9H2,1-4H3,(H,26,29)/t18-/m1/s1. The van der Waals surface area contributed by atoms with Crippen molar-refractivity contribution in [3.05, 3.63) is 41.7 Å². The van der Waals surface area contributed by atoms with Gasteiger partial charge in [-0.2, -0.15) is 0 Å². The molecule has 156 valence electrons. The van der Waals surface area contributed by atoms with Gasteiger partial charge in [-0.25, -0.2) is 27.5 Å². The average molecular weight is 429 g/mol. The summed E-state index contributed by atoms with van der Waals surface area (Å²) in [5.41, 5.74) is -4.71. The molecule has 0 bridgehead atoms. The molecule has 0 unspecified atom stereocenters. The quantitative estimate of drug-likeness (QED) is 0.588. The van der Waals surface area contributed by atoms with Crippen molar-refractivity contribution in [2.45, 2.75) is 37.8 Å². The van der Waals surface area contributed by atoms with Crippen molar-refractivity contribution in [1.29, 1.82) is 0 Å². The van der Waals surface area contributed by atoms with Crippen LogP contribution in [-0.2, 0) is 10.3 Å². The summed E-state index contributed by atoms with van der Waals surface area (Å²) in [6.45, 7) is 3.25. The normalized spacial score (nSPS) is 23.2. The molecule has 2 aromatic rings. The molecule has 1 aliphatic rings. The Kier molecular flexibility index (Phi) is 5.29. The predicted octanol–water partition coefficient (Wildman–Crippen LogP) is 4.01. The zero-order valence-corrected chi connectivity index (χ0v) is 17.0. The highest BCUT2D eigenvalue weighted by molar-refractivity contribution is 7.80. The van der Waals surface area contributed by atoms with E-state index < -0.39 is 34.3 Å². The van der Waals surface area contributed by atoms with E-state index in [1.807, 2.05) is 0 Å². The van der Waals surface area contributed by atoms with Crippen LogP contribution in [0.5, 0.6) is 6.01 Å². The fraction of sp³-hybridized carbons (Fsp3) is 0.421. The first kappa shape index (κ1) is 21.4. The van der Waals surface area contributed by atoms with Crippen LogP contribution in [0.3, 0.4) is 0 Å². The van der Waals surface area contributed by atoms with Crippen LogP contribution in [0, 0.1) is 11.6 Å². The minimum atomic E-state index is -3.62. The summed E-state index contributed by atoms with van der Waals surface area (Å²) in [5.74, 6) is -5.71. The Morgan fingerprint density at radius 2 is 1.72 bits per heavy atom. The van der Waals surface area contributed by atoms with E-state index in [1.54, 1.807) is 0 Å². The molecule has 0 spiro atoms. The number of nitrogens with one attached hydrogen (secondary N) is 1. The number of benzene rings is 1. The number of nitrogens with zero attached hydrogens (tertiary/aromatic N) is 2. The Balaban J connectivity index is 2.21. The van der Waals surface area contributed by atoms with Gasteiger partial charge in [0.1, 0.15) is 27.8 Å². The number of aromatic nitrogens is 2. The average Bonchev–Trinajstić information content (AvgIpc) is 2.71. The monoisotopic (exact) mass is 429 g/mol. The molecule has 1 aliphatic heterocycles. The molecule has 1 aromatic heterocycles. The molecule has 0 aliphatic carbocycles. The predicted molar refractivity (Wildman–Crippen MR) is 102 cm³/mol. The number of ether oxygens (including phenoxy) is 2. The SMILES string of the molecule is COc1ncc(-c2cc([C@@]3(C)NC(=S)COC(C)(C)C3(F)F)c(F)cc2F)cn1. The van der Waals surface area contributed by atoms with Gasteiger partial charge in [0.2, 0.25) is 0 Å². The van der Waals surface area contributed by atoms with E-state index in [1.165, 1.54) is 33.4 Å². The smallest absolute Gasteiger partial charge is 0.316 e. The molecule has 1 fully saturated rings. The minimum Gasteiger partial charge on any atom is -0.467 e. The number of rotatable bonds is 3. The number of methoxy groups -OCH3 is 1. The zero-order valence-electron chi connectivity index (χ0n) is 16.1. The topological polar surface area (TPSA) is 56.3 Å². The highest BCUT2D eigenvalue weighted by atomic mass is 32.1. The molecule has 1 N–H and O–H groups in total. The van der Waals surface area contributed by atoms with Gasteiger partial charge in [0.05, 0.1) is 13.7 Å². The lowest BCUT2D eigenvalue weighted by Gasteiger charge is -2.44. The van der Waals surface area contributed by atoms with E-state index in [4.69, 9.17) is 21.7 Å². The van der Waals surface area contributed by atoms with Crippen molar-refractivity contribution < 1.29 is 27.0 Å². The lowest BCUT2D eigenvalue weighted by atomic mass is 9.77. The molecule has 3 rings (SSSR count). The Morgan fingerprint density at radius 1 is 1.10 bits per heavy atom. The van der Waals surface area contributed by atoms with E-state index >= 15 is 8.78 Å². The Bertz CT molecular complexity index is 953. The summed E-state index contributed by atoms with van der Waals surface area (Å²) in [6.07, 6.45) is 2.51. The van der Waals surface area contributed by atoms with Gasteiger partial charge < -0.3 is 14.8 Å². The zero-order chi connectivity index (χ0) is 21.6. The maximum Gasteiger partial charge on any atom is 0.316 e. The summed E-state index contributed by atoms with van der Waals surface area (Å²) < 4.78 is 70.4. The molecule has 10 heteroatoms. The second kappa shape index (κ2) is 7.17. The van der Waals surface area contributed by atoms with E-state index in [0.717, 1.165) is 13.0 Å². The van der Waals surface area contributed by atoms with Gasteiger partial charge in [0.25, 0.3) is 0 Å². The van der Waals surface area contributed by atoms with Gasteiger partial charge in [0, 0.05) is 35.2 Å². The van der Waals surface area contributed by atoms with E-state index in [-0.39, 0.29) is 28.7 Å². The first-order chi connectivity index (χ1) is 13.4. The summed E-state index contributed by atoms with van der Waals surface area (Å²) >= 11 is 5.07. The van der Waals surface area contributed by atoms with Crippen LogP contribution in [0.4, 0.5) is 17.6 Å². The highest BCUT2D eigenvalue weighted by Crippen LogP contribution is 2.49. The number of hydrogen-bond donors (Lipinski definition) is 1. The van der Waals surface area contributed by atoms with Crippen LogP contribution in [0.2, 0.25) is 0 Å². The van der Waals surface area contributed by atoms with E-state index in [2.05, 4.69) is 15.3 Å². The number of halogens is 4. The van der Waals surface area contributed by atoms with Crippen molar-refractivity contribution in [2.75, 3.05) is 13.7 Å². The highest BCUT2D eigenvalue weighted by Gasteiger charge is 2.64. The van der Waals surface area contributed by atoms with Gasteiger partial charge in [-0.3, -0.25) is 0 Å². The Hall–Kier alpha value is -2.33. The van der Waals surface area contributed by atoms with Crippen molar-refractivity contribution in [2.24, 2.45) is 0 Å². The van der Waals surface area contributed by atoms with Crippen LogP contribution in [-0.4, -0.2) is 40.2 Å². The number of alkyl halides is 2. The largest absolute Gasteiger partial charge is 0.467 e. The molecule has 2 heterocycles. The second-order valence-corrected chi connectivity index (χ2v) is 7.81. The van der Waals surface area contributed by atoms with Gasteiger partial charge >= 0.3 is 11.9 Å². The van der Waals surface area contributed by atoms with Gasteiger partial charge in [-0.1, -0.05) is 12.2 Å². The summed E-state index contributed by atoms with van der Waals surface area (Å²) in [4.78, 5) is 7.74. The third kappa shape index (κ3) is 3.44. The molecule has 1 aromatic carbocycles. The molecule has 5 nitrogen and oxygen atoms in total. The van der Waals surface area contributed by atoms with E-state index in [0.29, 0.717) is 6.07 Å². The number of hydrogen-bond acceptors (Lipinski definition) is 5. The fourth-order valence-electron chi connectivity index (χ4n) is 3.28. The molecule has 1 saturated heterocycles. The summed E-state index contributed by atoms with van der Waals surface area (Å²) in [6, 6.07) is 1.62. The molecule has 0 amide bonds. The van der Waals surface area contributed by atoms with Gasteiger partial charge in [-0.15, -0.1) is 0 Å². The van der Waals surface area contributed by atoms with E-state index in [9.17, 15) is 8.78 Å². The first-order valence-electron chi connectivity index (χ1n) is 8.61. The second-order valence-electron chi connectivity index (χ2n) is 7.32. The van der Waals surface area contributed by atoms with Crippen LogP contribution >= 0.6 is 12.2 Å². The lowest BCUT2D eigenvalue weighted by Crippen LogP contribution is -2.62. The molecular formula is C19H19F4N3O2S. The maximum absolute atomic E-state index is 15.5. The third-order valence-electron chi connectivity index (χ3n) is 5.05. The van der Waals surface area contributed by atoms with Crippen LogP contribution in [0.25, 0.3) is 11.1 Å². The van der Waals surface area contributed by atoms with Gasteiger partial charge in [-0.05, 0) is 26.8 Å². The van der Waals surface area contributed by atoms with Crippen LogP contribution in [0.15, 0.2) is 24.5 Å². The van der Waals surface area contributed by atoms with Crippen molar-refractivity contribution in [3.63, 3.8) is 0 Å². The molecule has 1 atom stereocenters. The summed E-state index contributed by atoms with van der Waals surface area (Å²) in [7, 11) is 1.36. The molecule has 0 saturated carbocycles. The van der Waals surface area contributed by atoms with Crippen LogP contribution < -0.4 is 10.1 Å². The first-order valence-corrected chi connectivity index (χ1v) is 9.02. The maximum atomic E-state index is 15.5. The van der Waals surface area contributed by atoms with Crippen LogP contribution in [0.1, 0.15) is 26.3 Å². The molecule has 29 heavy (non-hydrogen) atoms. The van der Waals surface area contributed by atoms with Crippen molar-refractivity contribution in [3.8, 4) is 17.1 Å². The van der Waals surface area contributed by atoms with Gasteiger partial charge in [0.15, 0.2) is 0 Å². The molecule has 0 radical (unpaired) electrons. The Labute approximate surface area is 170 Å². The van der Waals surface area contributed by atoms with Crippen molar-refractivity contribution >= 4 is 17.2 Å². The summed E-state index contributed by atoms with van der Waals surface area (Å²) in [5, 5.41) is 2.52. The fourth-order valence-corrected chi connectivity index (χ4v) is 3.55. The number of thiocarbonyl (C=S) groups is 1. The molecular weight excluding hydrogens is 410 g/mol. The van der Waals surface area contributed by atoms with Crippen molar-refractivity contribution in [1.82, 2.24) is 15.3 Å². The lowest BCUT2D eigenvalue weighted by molar-refractivity contribution is -0.216. The third-order valence-corrected chi connectivity index (χ3v) is 5.27.